The molecule has 1 atom stereocenters. The SMILES string of the molecule is CCc1ccc(N2C(=O)c3cc(C(=O)OC)nn3CC2(C)C(=O)NC2CCCCC2)c(C)c1. The Kier molecular flexibility index (Phi) is 6.28. The molecule has 2 amide bonds. The second-order valence-electron chi connectivity index (χ2n) is 9.26. The van der Waals surface area contributed by atoms with Crippen LogP contribution in [0.4, 0.5) is 5.69 Å². The van der Waals surface area contributed by atoms with Gasteiger partial charge in [0.1, 0.15) is 11.2 Å². The van der Waals surface area contributed by atoms with Gasteiger partial charge in [0.2, 0.25) is 5.91 Å². The Morgan fingerprint density at radius 1 is 1.21 bits per heavy atom. The van der Waals surface area contributed by atoms with E-state index in [-0.39, 0.29) is 35.8 Å². The number of carbonyl (C=O) groups excluding carboxylic acids is 3. The van der Waals surface area contributed by atoms with Gasteiger partial charge in [0, 0.05) is 17.8 Å². The Morgan fingerprint density at radius 2 is 1.94 bits per heavy atom. The minimum atomic E-state index is -1.21. The van der Waals surface area contributed by atoms with Gasteiger partial charge in [-0.25, -0.2) is 4.79 Å². The summed E-state index contributed by atoms with van der Waals surface area (Å²) in [5, 5.41) is 7.49. The van der Waals surface area contributed by atoms with Crippen LogP contribution in [0.15, 0.2) is 24.3 Å². The fraction of sp³-hybridized carbons (Fsp3) is 0.520. The molecule has 1 aliphatic carbocycles. The summed E-state index contributed by atoms with van der Waals surface area (Å²) in [4.78, 5) is 41.2. The zero-order chi connectivity index (χ0) is 23.8. The van der Waals surface area contributed by atoms with E-state index in [1.54, 1.807) is 11.8 Å². The smallest absolute Gasteiger partial charge is 0.358 e. The topological polar surface area (TPSA) is 93.5 Å². The van der Waals surface area contributed by atoms with Crippen LogP contribution in [0.5, 0.6) is 0 Å². The molecule has 0 radical (unpaired) electrons. The van der Waals surface area contributed by atoms with Crippen molar-refractivity contribution in [2.75, 3.05) is 12.0 Å². The van der Waals surface area contributed by atoms with Gasteiger partial charge in [-0.15, -0.1) is 0 Å². The first-order valence-electron chi connectivity index (χ1n) is 11.7. The molecule has 176 valence electrons. The van der Waals surface area contributed by atoms with Crippen molar-refractivity contribution in [3.8, 4) is 0 Å². The molecule has 4 rings (SSSR count). The number of benzene rings is 1. The third-order valence-corrected chi connectivity index (χ3v) is 6.89. The molecule has 8 heteroatoms. The van der Waals surface area contributed by atoms with Crippen LogP contribution < -0.4 is 10.2 Å². The van der Waals surface area contributed by atoms with Crippen LogP contribution in [0.3, 0.4) is 0 Å². The Hall–Kier alpha value is -3.16. The summed E-state index contributed by atoms with van der Waals surface area (Å²) in [6, 6.07) is 7.49. The van der Waals surface area contributed by atoms with E-state index in [2.05, 4.69) is 17.3 Å². The molecule has 2 heterocycles. The van der Waals surface area contributed by atoms with Gasteiger partial charge in [-0.3, -0.25) is 19.2 Å². The van der Waals surface area contributed by atoms with Crippen molar-refractivity contribution < 1.29 is 19.1 Å². The fourth-order valence-corrected chi connectivity index (χ4v) is 4.94. The summed E-state index contributed by atoms with van der Waals surface area (Å²) < 4.78 is 6.25. The second-order valence-corrected chi connectivity index (χ2v) is 9.26. The Labute approximate surface area is 194 Å². The molecular formula is C25H32N4O4. The highest BCUT2D eigenvalue weighted by Crippen LogP contribution is 2.35. The van der Waals surface area contributed by atoms with Gasteiger partial charge in [0.05, 0.1) is 13.7 Å². The first-order valence-corrected chi connectivity index (χ1v) is 11.7. The van der Waals surface area contributed by atoms with E-state index < -0.39 is 11.5 Å². The molecule has 2 aliphatic rings. The summed E-state index contributed by atoms with van der Waals surface area (Å²) in [6.07, 6.45) is 6.13. The molecular weight excluding hydrogens is 420 g/mol. The van der Waals surface area contributed by atoms with Gasteiger partial charge in [-0.2, -0.15) is 5.10 Å². The first-order chi connectivity index (χ1) is 15.8. The number of hydrogen-bond acceptors (Lipinski definition) is 5. The van der Waals surface area contributed by atoms with E-state index >= 15 is 0 Å². The van der Waals surface area contributed by atoms with Crippen molar-refractivity contribution in [2.45, 2.75) is 77.4 Å². The zero-order valence-electron chi connectivity index (χ0n) is 19.8. The quantitative estimate of drug-likeness (QED) is 0.702. The number of methoxy groups -OCH3 is 1. The van der Waals surface area contributed by atoms with Crippen LogP contribution in [-0.4, -0.2) is 46.3 Å². The van der Waals surface area contributed by atoms with Crippen LogP contribution in [-0.2, 0) is 22.5 Å². The van der Waals surface area contributed by atoms with Crippen molar-refractivity contribution >= 4 is 23.5 Å². The lowest BCUT2D eigenvalue weighted by Crippen LogP contribution is -2.65. The van der Waals surface area contributed by atoms with Crippen molar-refractivity contribution in [2.24, 2.45) is 0 Å². The second kappa shape index (κ2) is 9.00. The molecule has 8 nitrogen and oxygen atoms in total. The van der Waals surface area contributed by atoms with Crippen LogP contribution in [0, 0.1) is 6.92 Å². The monoisotopic (exact) mass is 452 g/mol. The number of anilines is 1. The normalized spacial score (nSPS) is 21.0. The van der Waals surface area contributed by atoms with E-state index in [0.717, 1.165) is 43.2 Å². The summed E-state index contributed by atoms with van der Waals surface area (Å²) in [6.45, 7) is 5.94. The fourth-order valence-electron chi connectivity index (χ4n) is 4.94. The molecule has 0 saturated heterocycles. The van der Waals surface area contributed by atoms with E-state index in [1.807, 2.05) is 25.1 Å². The summed E-state index contributed by atoms with van der Waals surface area (Å²) in [5.74, 6) is -1.19. The van der Waals surface area contributed by atoms with E-state index in [9.17, 15) is 14.4 Å². The molecule has 1 aromatic heterocycles. The third kappa shape index (κ3) is 4.14. The number of carbonyl (C=O) groups is 3. The Bertz CT molecular complexity index is 1090. The van der Waals surface area contributed by atoms with Gasteiger partial charge in [0.15, 0.2) is 5.69 Å². The molecule has 0 spiro atoms. The van der Waals surface area contributed by atoms with Gasteiger partial charge in [0.25, 0.3) is 5.91 Å². The number of hydrogen-bond donors (Lipinski definition) is 1. The van der Waals surface area contributed by atoms with Crippen molar-refractivity contribution in [1.82, 2.24) is 15.1 Å². The molecule has 1 aromatic carbocycles. The predicted octanol–water partition coefficient (Wildman–Crippen LogP) is 3.41. The van der Waals surface area contributed by atoms with E-state index in [0.29, 0.717) is 5.69 Å². The molecule has 2 aromatic rings. The average molecular weight is 453 g/mol. The Balaban J connectivity index is 1.78. The van der Waals surface area contributed by atoms with Gasteiger partial charge >= 0.3 is 5.97 Å². The highest BCUT2D eigenvalue weighted by atomic mass is 16.5. The zero-order valence-corrected chi connectivity index (χ0v) is 19.8. The van der Waals surface area contributed by atoms with Crippen LogP contribution >= 0.6 is 0 Å². The Morgan fingerprint density at radius 3 is 2.58 bits per heavy atom. The lowest BCUT2D eigenvalue weighted by Gasteiger charge is -2.44. The number of aromatic nitrogens is 2. The first kappa shape index (κ1) is 23.0. The molecule has 1 fully saturated rings. The highest BCUT2D eigenvalue weighted by Gasteiger charge is 2.50. The maximum absolute atomic E-state index is 13.8. The third-order valence-electron chi connectivity index (χ3n) is 6.89. The summed E-state index contributed by atoms with van der Waals surface area (Å²) in [5.41, 5.74) is 1.87. The molecule has 1 aliphatic heterocycles. The minimum absolute atomic E-state index is 0.0517. The molecule has 1 unspecified atom stereocenters. The average Bonchev–Trinajstić information content (AvgIpc) is 3.24. The van der Waals surface area contributed by atoms with Crippen molar-refractivity contribution in [1.29, 1.82) is 0 Å². The highest BCUT2D eigenvalue weighted by molar-refractivity contribution is 6.12. The maximum Gasteiger partial charge on any atom is 0.358 e. The van der Waals surface area contributed by atoms with Gasteiger partial charge < -0.3 is 10.1 Å². The summed E-state index contributed by atoms with van der Waals surface area (Å²) >= 11 is 0. The minimum Gasteiger partial charge on any atom is -0.464 e. The number of esters is 1. The lowest BCUT2D eigenvalue weighted by molar-refractivity contribution is -0.127. The number of fused-ring (bicyclic) bond motifs is 1. The number of nitrogens with zero attached hydrogens (tertiary/aromatic N) is 3. The number of ether oxygens (including phenoxy) is 1. The maximum atomic E-state index is 13.8. The number of nitrogens with one attached hydrogen (secondary N) is 1. The number of rotatable bonds is 5. The van der Waals surface area contributed by atoms with Gasteiger partial charge in [-0.05, 0) is 50.3 Å². The predicted molar refractivity (Wildman–Crippen MR) is 124 cm³/mol. The molecule has 33 heavy (non-hydrogen) atoms. The lowest BCUT2D eigenvalue weighted by atomic mass is 9.90. The van der Waals surface area contributed by atoms with Gasteiger partial charge in [-0.1, -0.05) is 38.3 Å². The largest absolute Gasteiger partial charge is 0.464 e. The molecule has 1 saturated carbocycles. The van der Waals surface area contributed by atoms with E-state index in [4.69, 9.17) is 4.74 Å². The van der Waals surface area contributed by atoms with Crippen LogP contribution in [0.2, 0.25) is 0 Å². The van der Waals surface area contributed by atoms with Crippen molar-refractivity contribution in [3.05, 3.63) is 46.8 Å². The van der Waals surface area contributed by atoms with Crippen LogP contribution in [0.1, 0.15) is 78.1 Å². The standard InChI is InChI=1S/C25H32N4O4/c1-5-17-11-12-20(16(2)13-17)29-22(30)21-14-19(23(31)33-4)27-28(21)15-25(29,3)24(32)26-18-9-7-6-8-10-18/h11-14,18H,5-10,15H2,1-4H3,(H,26,32). The summed E-state index contributed by atoms with van der Waals surface area (Å²) in [7, 11) is 1.27. The molecule has 0 bridgehead atoms. The molecule has 1 N–H and O–H groups in total. The van der Waals surface area contributed by atoms with Crippen LogP contribution in [0.25, 0.3) is 0 Å². The number of amides is 2. The number of aryl methyl sites for hydroxylation is 2. The van der Waals surface area contributed by atoms with Crippen molar-refractivity contribution in [3.63, 3.8) is 0 Å². The van der Waals surface area contributed by atoms with E-state index in [1.165, 1.54) is 24.3 Å².